The van der Waals surface area contributed by atoms with E-state index in [2.05, 4.69) is 4.98 Å². The fourth-order valence-corrected chi connectivity index (χ4v) is 4.74. The molecule has 1 aliphatic heterocycles. The van der Waals surface area contributed by atoms with Crippen LogP contribution < -0.4 is 0 Å². The molecule has 3 rings (SSSR count). The first-order chi connectivity index (χ1) is 11.0. The number of nitrogens with zero attached hydrogens (tertiary/aromatic N) is 1. The van der Waals surface area contributed by atoms with E-state index < -0.39 is 9.84 Å². The smallest absolute Gasteiger partial charge is 0.254 e. The second-order valence-corrected chi connectivity index (χ2v) is 8.06. The van der Waals surface area contributed by atoms with Crippen LogP contribution in [0.15, 0.2) is 30.5 Å². The van der Waals surface area contributed by atoms with E-state index in [-0.39, 0.29) is 23.5 Å². The number of hydrogen-bond donors (Lipinski definition) is 1. The third-order valence-corrected chi connectivity index (χ3v) is 6.00. The average Bonchev–Trinajstić information content (AvgIpc) is 3.12. The standard InChI is InChI=1S/C16H20N2O4S/c1-22-8-7-18(14-5-9-23(20,21)11-14)16(19)13-3-2-12-4-6-17-15(12)10-13/h2-4,6,10,14,17H,5,7-9,11H2,1H3. The number of carbonyl (C=O) groups is 1. The van der Waals surface area contributed by atoms with Crippen molar-refractivity contribution in [2.24, 2.45) is 0 Å². The van der Waals surface area contributed by atoms with Gasteiger partial charge in [-0.25, -0.2) is 8.42 Å². The number of sulfone groups is 1. The molecule has 1 N–H and O–H groups in total. The number of amides is 1. The van der Waals surface area contributed by atoms with Crippen LogP contribution in [0, 0.1) is 0 Å². The molecule has 23 heavy (non-hydrogen) atoms. The van der Waals surface area contributed by atoms with E-state index in [0.29, 0.717) is 25.1 Å². The zero-order valence-corrected chi connectivity index (χ0v) is 13.8. The predicted molar refractivity (Wildman–Crippen MR) is 88.3 cm³/mol. The molecule has 0 radical (unpaired) electrons. The molecule has 1 saturated heterocycles. The molecule has 0 bridgehead atoms. The van der Waals surface area contributed by atoms with Crippen LogP contribution in [0.25, 0.3) is 10.9 Å². The summed E-state index contributed by atoms with van der Waals surface area (Å²) in [5.41, 5.74) is 1.45. The van der Waals surface area contributed by atoms with Crippen LogP contribution in [0.2, 0.25) is 0 Å². The topological polar surface area (TPSA) is 79.5 Å². The Bertz CT molecular complexity index is 812. The third-order valence-electron chi connectivity index (χ3n) is 4.25. The lowest BCUT2D eigenvalue weighted by Gasteiger charge is -2.28. The molecule has 6 nitrogen and oxygen atoms in total. The first-order valence-electron chi connectivity index (χ1n) is 7.57. The van der Waals surface area contributed by atoms with Gasteiger partial charge in [-0.1, -0.05) is 6.07 Å². The summed E-state index contributed by atoms with van der Waals surface area (Å²) in [5, 5.41) is 1.04. The first-order valence-corrected chi connectivity index (χ1v) is 9.40. The maximum Gasteiger partial charge on any atom is 0.254 e. The Morgan fingerprint density at radius 2 is 2.22 bits per heavy atom. The van der Waals surface area contributed by atoms with Crippen molar-refractivity contribution in [1.82, 2.24) is 9.88 Å². The van der Waals surface area contributed by atoms with Crippen LogP contribution >= 0.6 is 0 Å². The normalized spacial score (nSPS) is 20.0. The minimum absolute atomic E-state index is 0.0349. The van der Waals surface area contributed by atoms with Gasteiger partial charge in [0.2, 0.25) is 0 Å². The largest absolute Gasteiger partial charge is 0.383 e. The van der Waals surface area contributed by atoms with Crippen LogP contribution in [0.5, 0.6) is 0 Å². The highest BCUT2D eigenvalue weighted by atomic mass is 32.2. The number of H-pyrrole nitrogens is 1. The zero-order chi connectivity index (χ0) is 16.4. The van der Waals surface area contributed by atoms with Crippen molar-refractivity contribution in [2.75, 3.05) is 31.8 Å². The number of nitrogens with one attached hydrogen (secondary N) is 1. The second-order valence-electron chi connectivity index (χ2n) is 5.83. The number of aromatic nitrogens is 1. The molecule has 0 spiro atoms. The van der Waals surface area contributed by atoms with E-state index in [4.69, 9.17) is 4.74 Å². The lowest BCUT2D eigenvalue weighted by molar-refractivity contribution is 0.0624. The lowest BCUT2D eigenvalue weighted by Crippen LogP contribution is -2.43. The van der Waals surface area contributed by atoms with Gasteiger partial charge in [0.05, 0.1) is 18.1 Å². The Kier molecular flexibility index (Phi) is 4.41. The van der Waals surface area contributed by atoms with Gasteiger partial charge in [-0.15, -0.1) is 0 Å². The monoisotopic (exact) mass is 336 g/mol. The molecule has 124 valence electrons. The van der Waals surface area contributed by atoms with E-state index in [1.165, 1.54) is 0 Å². The van der Waals surface area contributed by atoms with Gasteiger partial charge in [0, 0.05) is 37.0 Å². The molecule has 1 amide bonds. The molecule has 2 aromatic rings. The number of benzene rings is 1. The maximum atomic E-state index is 12.9. The summed E-state index contributed by atoms with van der Waals surface area (Å²) in [7, 11) is -1.48. The number of carbonyl (C=O) groups excluding carboxylic acids is 1. The molecule has 7 heteroatoms. The Labute approximate surface area is 135 Å². The van der Waals surface area contributed by atoms with Gasteiger partial charge in [-0.3, -0.25) is 4.79 Å². The van der Waals surface area contributed by atoms with Crippen molar-refractivity contribution in [3.05, 3.63) is 36.0 Å². The van der Waals surface area contributed by atoms with Crippen molar-refractivity contribution in [3.8, 4) is 0 Å². The Balaban J connectivity index is 1.87. The molecule has 1 unspecified atom stereocenters. The third kappa shape index (κ3) is 3.40. The number of aromatic amines is 1. The fourth-order valence-electron chi connectivity index (χ4n) is 3.01. The number of fused-ring (bicyclic) bond motifs is 1. The van der Waals surface area contributed by atoms with Gasteiger partial charge in [-0.2, -0.15) is 0 Å². The van der Waals surface area contributed by atoms with E-state index in [1.54, 1.807) is 24.1 Å². The quantitative estimate of drug-likeness (QED) is 0.896. The number of ether oxygens (including phenoxy) is 1. The predicted octanol–water partition coefficient (Wildman–Crippen LogP) is 1.44. The fraction of sp³-hybridized carbons (Fsp3) is 0.438. The molecular formula is C16H20N2O4S. The highest BCUT2D eigenvalue weighted by Crippen LogP contribution is 2.21. The van der Waals surface area contributed by atoms with Gasteiger partial charge >= 0.3 is 0 Å². The summed E-state index contributed by atoms with van der Waals surface area (Å²) in [5.74, 6) is 0.0257. The van der Waals surface area contributed by atoms with Crippen LogP contribution in [0.1, 0.15) is 16.8 Å². The van der Waals surface area contributed by atoms with Gasteiger partial charge < -0.3 is 14.6 Å². The van der Waals surface area contributed by atoms with Crippen molar-refractivity contribution in [3.63, 3.8) is 0 Å². The Morgan fingerprint density at radius 3 is 2.91 bits per heavy atom. The molecule has 1 aliphatic rings. The molecule has 1 fully saturated rings. The van der Waals surface area contributed by atoms with E-state index in [1.807, 2.05) is 18.3 Å². The van der Waals surface area contributed by atoms with Crippen molar-refractivity contribution in [2.45, 2.75) is 12.5 Å². The van der Waals surface area contributed by atoms with Gasteiger partial charge in [0.15, 0.2) is 9.84 Å². The van der Waals surface area contributed by atoms with E-state index >= 15 is 0 Å². The zero-order valence-electron chi connectivity index (χ0n) is 13.0. The minimum Gasteiger partial charge on any atom is -0.383 e. The Hall–Kier alpha value is -1.86. The number of rotatable bonds is 5. The molecule has 1 aromatic heterocycles. The molecule has 1 aromatic carbocycles. The number of hydrogen-bond acceptors (Lipinski definition) is 4. The maximum absolute atomic E-state index is 12.9. The molecular weight excluding hydrogens is 316 g/mol. The van der Waals surface area contributed by atoms with E-state index in [9.17, 15) is 13.2 Å². The summed E-state index contributed by atoms with van der Waals surface area (Å²) in [6.07, 6.45) is 2.31. The van der Waals surface area contributed by atoms with E-state index in [0.717, 1.165) is 10.9 Å². The lowest BCUT2D eigenvalue weighted by atomic mass is 10.1. The SMILES string of the molecule is COCCN(C(=O)c1ccc2cc[nH]c2c1)C1CCS(=O)(=O)C1. The average molecular weight is 336 g/mol. The molecule has 0 saturated carbocycles. The summed E-state index contributed by atoms with van der Waals surface area (Å²) in [4.78, 5) is 17.6. The summed E-state index contributed by atoms with van der Waals surface area (Å²) >= 11 is 0. The summed E-state index contributed by atoms with van der Waals surface area (Å²) in [6.45, 7) is 0.769. The highest BCUT2D eigenvalue weighted by molar-refractivity contribution is 7.91. The number of methoxy groups -OCH3 is 1. The Morgan fingerprint density at radius 1 is 1.39 bits per heavy atom. The van der Waals surface area contributed by atoms with Crippen molar-refractivity contribution in [1.29, 1.82) is 0 Å². The minimum atomic E-state index is -3.05. The van der Waals surface area contributed by atoms with Crippen LogP contribution in [-0.4, -0.2) is 62.0 Å². The molecule has 0 aliphatic carbocycles. The van der Waals surface area contributed by atoms with Crippen LogP contribution in [-0.2, 0) is 14.6 Å². The van der Waals surface area contributed by atoms with Crippen molar-refractivity contribution < 1.29 is 17.9 Å². The van der Waals surface area contributed by atoms with Crippen LogP contribution in [0.4, 0.5) is 0 Å². The second kappa shape index (κ2) is 6.33. The van der Waals surface area contributed by atoms with Crippen LogP contribution in [0.3, 0.4) is 0 Å². The summed E-state index contributed by atoms with van der Waals surface area (Å²) in [6, 6.07) is 7.14. The van der Waals surface area contributed by atoms with Gasteiger partial charge in [-0.05, 0) is 30.0 Å². The van der Waals surface area contributed by atoms with Gasteiger partial charge in [0.25, 0.3) is 5.91 Å². The van der Waals surface area contributed by atoms with Gasteiger partial charge in [0.1, 0.15) is 0 Å². The van der Waals surface area contributed by atoms with Crippen molar-refractivity contribution >= 4 is 26.6 Å². The molecule has 1 atom stereocenters. The highest BCUT2D eigenvalue weighted by Gasteiger charge is 2.34. The summed E-state index contributed by atoms with van der Waals surface area (Å²) < 4.78 is 28.6. The first kappa shape index (κ1) is 16.0. The molecule has 2 heterocycles.